The molecule has 0 unspecified atom stereocenters. The van der Waals surface area contributed by atoms with Crippen LogP contribution in [-0.4, -0.2) is 59.8 Å². The number of nitrogens with zero attached hydrogens (tertiary/aromatic N) is 2. The Labute approximate surface area is 73.0 Å². The second-order valence-electron chi connectivity index (χ2n) is 3.25. The molecule has 0 aromatic rings. The Bertz CT molecular complexity index is 97.5. The normalized spacial score (nSPS) is 22.4. The van der Waals surface area contributed by atoms with Gasteiger partial charge >= 0.3 is 0 Å². The zero-order valence-corrected chi connectivity index (χ0v) is 8.34. The topological polar surface area (TPSA) is 6.48 Å². The summed E-state index contributed by atoms with van der Waals surface area (Å²) >= 11 is 0. The van der Waals surface area contributed by atoms with E-state index in [2.05, 4.69) is 27.1 Å². The van der Waals surface area contributed by atoms with E-state index in [1.807, 2.05) is 0 Å². The molecule has 2 nitrogen and oxygen atoms in total. The van der Waals surface area contributed by atoms with Gasteiger partial charge in [-0.15, -0.1) is 0 Å². The third-order valence-electron chi connectivity index (χ3n) is 2.25. The molecular weight excluding hydrogens is 152 g/mol. The van der Waals surface area contributed by atoms with Gasteiger partial charge in [-0.1, -0.05) is 6.04 Å². The summed E-state index contributed by atoms with van der Waals surface area (Å²) in [7, 11) is 5.69. The molecule has 1 aliphatic rings. The summed E-state index contributed by atoms with van der Waals surface area (Å²) < 4.78 is 0. The molecule has 0 aliphatic carbocycles. The minimum Gasteiger partial charge on any atom is -0.304 e. The monoisotopic (exact) mass is 169 g/mol. The molecule has 0 aromatic heterocycles. The molecule has 0 bridgehead atoms. The van der Waals surface area contributed by atoms with Crippen molar-refractivity contribution in [1.29, 1.82) is 0 Å². The standard InChI is InChI=1S/C8H17N2Si/c1-9-4-6-10(7-5-9)3-2-8-11/h2-8H2,1H3. The summed E-state index contributed by atoms with van der Waals surface area (Å²) in [5.74, 6) is 0. The number of piperazine rings is 1. The van der Waals surface area contributed by atoms with Gasteiger partial charge in [-0.2, -0.15) is 0 Å². The van der Waals surface area contributed by atoms with Crippen molar-refractivity contribution >= 4 is 10.2 Å². The fourth-order valence-electron chi connectivity index (χ4n) is 1.37. The highest BCUT2D eigenvalue weighted by Crippen LogP contribution is 2.00. The molecule has 11 heavy (non-hydrogen) atoms. The van der Waals surface area contributed by atoms with Crippen LogP contribution < -0.4 is 0 Å². The Morgan fingerprint density at radius 1 is 1.18 bits per heavy atom. The van der Waals surface area contributed by atoms with Crippen LogP contribution in [0, 0.1) is 0 Å². The molecule has 1 aliphatic heterocycles. The van der Waals surface area contributed by atoms with Gasteiger partial charge in [0, 0.05) is 36.4 Å². The van der Waals surface area contributed by atoms with Gasteiger partial charge in [0.2, 0.25) is 0 Å². The average molecular weight is 169 g/mol. The number of hydrogen-bond acceptors (Lipinski definition) is 2. The predicted octanol–water partition coefficient (Wildman–Crippen LogP) is 0.211. The first-order valence-electron chi connectivity index (χ1n) is 4.38. The van der Waals surface area contributed by atoms with Gasteiger partial charge in [-0.25, -0.2) is 0 Å². The molecule has 1 fully saturated rings. The van der Waals surface area contributed by atoms with E-state index in [1.165, 1.54) is 39.1 Å². The SMILES string of the molecule is CN1CCN(CCC[Si])CC1. The maximum Gasteiger partial charge on any atom is 0.0222 e. The van der Waals surface area contributed by atoms with Gasteiger partial charge in [-0.05, 0) is 20.0 Å². The van der Waals surface area contributed by atoms with Crippen LogP contribution in [0.25, 0.3) is 0 Å². The zero-order valence-electron chi connectivity index (χ0n) is 7.34. The van der Waals surface area contributed by atoms with Crippen LogP contribution in [0.4, 0.5) is 0 Å². The van der Waals surface area contributed by atoms with Crippen molar-refractivity contribution in [2.45, 2.75) is 12.5 Å². The van der Waals surface area contributed by atoms with Gasteiger partial charge in [0.25, 0.3) is 0 Å². The summed E-state index contributed by atoms with van der Waals surface area (Å²) in [5, 5.41) is 0. The second-order valence-corrected chi connectivity index (χ2v) is 3.75. The molecule has 0 saturated carbocycles. The maximum absolute atomic E-state index is 3.50. The molecule has 0 N–H and O–H groups in total. The quantitative estimate of drug-likeness (QED) is 0.557. The summed E-state index contributed by atoms with van der Waals surface area (Å²) in [6.45, 7) is 6.24. The van der Waals surface area contributed by atoms with E-state index in [1.54, 1.807) is 0 Å². The minimum absolute atomic E-state index is 1.13. The lowest BCUT2D eigenvalue weighted by molar-refractivity contribution is 0.154. The Kier molecular flexibility index (Phi) is 4.11. The first kappa shape index (κ1) is 9.23. The fourth-order valence-corrected chi connectivity index (χ4v) is 1.53. The third kappa shape index (κ3) is 3.36. The molecule has 1 rings (SSSR count). The van der Waals surface area contributed by atoms with Crippen molar-refractivity contribution in [1.82, 2.24) is 9.80 Å². The highest BCUT2D eigenvalue weighted by Gasteiger charge is 2.11. The summed E-state index contributed by atoms with van der Waals surface area (Å²) in [6.07, 6.45) is 1.28. The van der Waals surface area contributed by atoms with Crippen LogP contribution >= 0.6 is 0 Å². The van der Waals surface area contributed by atoms with Crippen LogP contribution in [0.5, 0.6) is 0 Å². The van der Waals surface area contributed by atoms with E-state index in [0.29, 0.717) is 0 Å². The molecule has 0 aromatic carbocycles. The number of hydrogen-bond donors (Lipinski definition) is 0. The predicted molar refractivity (Wildman–Crippen MR) is 49.1 cm³/mol. The number of likely N-dealkylation sites (N-methyl/N-ethyl adjacent to an activating group) is 1. The molecule has 63 valence electrons. The molecule has 1 heterocycles. The minimum atomic E-state index is 1.13. The van der Waals surface area contributed by atoms with E-state index < -0.39 is 0 Å². The average Bonchev–Trinajstić information content (AvgIpc) is 2.04. The smallest absolute Gasteiger partial charge is 0.0222 e. The summed E-state index contributed by atoms with van der Waals surface area (Å²) in [4.78, 5) is 4.93. The van der Waals surface area contributed by atoms with Gasteiger partial charge < -0.3 is 9.80 Å². The molecule has 0 amide bonds. The first-order chi connectivity index (χ1) is 5.33. The van der Waals surface area contributed by atoms with Crippen LogP contribution in [-0.2, 0) is 0 Å². The second kappa shape index (κ2) is 4.90. The summed E-state index contributed by atoms with van der Waals surface area (Å²) in [5.41, 5.74) is 0. The summed E-state index contributed by atoms with van der Waals surface area (Å²) in [6, 6.07) is 1.13. The Morgan fingerprint density at radius 3 is 2.36 bits per heavy atom. The third-order valence-corrected chi connectivity index (χ3v) is 2.60. The van der Waals surface area contributed by atoms with E-state index >= 15 is 0 Å². The molecule has 0 atom stereocenters. The van der Waals surface area contributed by atoms with Gasteiger partial charge in [0.05, 0.1) is 0 Å². The Hall–Kier alpha value is 0.137. The highest BCUT2D eigenvalue weighted by atomic mass is 28.1. The molecule has 1 saturated heterocycles. The Balaban J connectivity index is 2.07. The van der Waals surface area contributed by atoms with Crippen molar-refractivity contribution in [3.63, 3.8) is 0 Å². The van der Waals surface area contributed by atoms with E-state index in [4.69, 9.17) is 0 Å². The molecular formula is C8H17N2Si. The van der Waals surface area contributed by atoms with Crippen LogP contribution in [0.15, 0.2) is 0 Å². The van der Waals surface area contributed by atoms with Crippen molar-refractivity contribution in [3.8, 4) is 0 Å². The molecule has 0 spiro atoms. The zero-order chi connectivity index (χ0) is 8.10. The largest absolute Gasteiger partial charge is 0.304 e. The van der Waals surface area contributed by atoms with Crippen molar-refractivity contribution in [2.24, 2.45) is 0 Å². The van der Waals surface area contributed by atoms with E-state index in [9.17, 15) is 0 Å². The lowest BCUT2D eigenvalue weighted by Gasteiger charge is -2.32. The fraction of sp³-hybridized carbons (Fsp3) is 1.00. The van der Waals surface area contributed by atoms with Gasteiger partial charge in [0.15, 0.2) is 0 Å². The van der Waals surface area contributed by atoms with Gasteiger partial charge in [-0.3, -0.25) is 0 Å². The highest BCUT2D eigenvalue weighted by molar-refractivity contribution is 6.08. The van der Waals surface area contributed by atoms with Crippen molar-refractivity contribution < 1.29 is 0 Å². The van der Waals surface area contributed by atoms with Crippen molar-refractivity contribution in [2.75, 3.05) is 39.8 Å². The van der Waals surface area contributed by atoms with Crippen LogP contribution in [0.2, 0.25) is 6.04 Å². The van der Waals surface area contributed by atoms with E-state index in [0.717, 1.165) is 6.04 Å². The van der Waals surface area contributed by atoms with Gasteiger partial charge in [0.1, 0.15) is 0 Å². The molecule has 3 heteroatoms. The maximum atomic E-state index is 3.50. The van der Waals surface area contributed by atoms with Crippen LogP contribution in [0.3, 0.4) is 0 Å². The molecule has 3 radical (unpaired) electrons. The van der Waals surface area contributed by atoms with Crippen LogP contribution in [0.1, 0.15) is 6.42 Å². The van der Waals surface area contributed by atoms with E-state index in [-0.39, 0.29) is 0 Å². The van der Waals surface area contributed by atoms with Crippen molar-refractivity contribution in [3.05, 3.63) is 0 Å². The lowest BCUT2D eigenvalue weighted by Crippen LogP contribution is -2.44. The lowest BCUT2D eigenvalue weighted by atomic mass is 10.3. The number of rotatable bonds is 3. The Morgan fingerprint density at radius 2 is 1.82 bits per heavy atom. The first-order valence-corrected chi connectivity index (χ1v) is 5.09.